The van der Waals surface area contributed by atoms with Gasteiger partial charge in [0.25, 0.3) is 5.56 Å². The number of aromatic nitrogens is 2. The number of morpholine rings is 1. The number of fused-ring (bicyclic) bond motifs is 1. The van der Waals surface area contributed by atoms with Crippen LogP contribution < -0.4 is 5.56 Å². The van der Waals surface area contributed by atoms with E-state index < -0.39 is 0 Å². The second kappa shape index (κ2) is 9.67. The summed E-state index contributed by atoms with van der Waals surface area (Å²) in [5, 5.41) is 0.649. The van der Waals surface area contributed by atoms with Gasteiger partial charge in [-0.3, -0.25) is 14.2 Å². The molecule has 0 bridgehead atoms. The SMILES string of the molecule is O=C(CCCCCn1cnc2ccccc2c1=O)N1CCO[C@@H](c2ccccc2)C1. The first-order valence-electron chi connectivity index (χ1n) is 10.6. The van der Waals surface area contributed by atoms with E-state index in [2.05, 4.69) is 4.98 Å². The molecule has 30 heavy (non-hydrogen) atoms. The summed E-state index contributed by atoms with van der Waals surface area (Å²) in [5.74, 6) is 0.184. The van der Waals surface area contributed by atoms with Gasteiger partial charge in [0.2, 0.25) is 5.91 Å². The Morgan fingerprint density at radius 2 is 1.83 bits per heavy atom. The van der Waals surface area contributed by atoms with Crippen LogP contribution in [0.2, 0.25) is 0 Å². The smallest absolute Gasteiger partial charge is 0.261 e. The minimum Gasteiger partial charge on any atom is -0.370 e. The van der Waals surface area contributed by atoms with E-state index in [0.717, 1.165) is 30.3 Å². The molecule has 0 saturated carbocycles. The summed E-state index contributed by atoms with van der Waals surface area (Å²) in [4.78, 5) is 31.4. The van der Waals surface area contributed by atoms with Crippen molar-refractivity contribution in [3.05, 3.63) is 76.8 Å². The quantitative estimate of drug-likeness (QED) is 0.564. The number of para-hydroxylation sites is 1. The molecule has 0 aliphatic carbocycles. The lowest BCUT2D eigenvalue weighted by Crippen LogP contribution is -2.42. The Labute approximate surface area is 176 Å². The zero-order valence-corrected chi connectivity index (χ0v) is 17.1. The minimum absolute atomic E-state index is 0.00283. The predicted octanol–water partition coefficient (Wildman–Crippen LogP) is 3.56. The number of hydrogen-bond donors (Lipinski definition) is 0. The number of ether oxygens (including phenoxy) is 1. The summed E-state index contributed by atoms with van der Waals surface area (Å²) in [6.07, 6.45) is 4.68. The highest BCUT2D eigenvalue weighted by Crippen LogP contribution is 2.22. The number of amides is 1. The predicted molar refractivity (Wildman–Crippen MR) is 116 cm³/mol. The van der Waals surface area contributed by atoms with Crippen LogP contribution >= 0.6 is 0 Å². The molecule has 1 aromatic heterocycles. The summed E-state index contributed by atoms with van der Waals surface area (Å²) in [6, 6.07) is 17.5. The molecule has 2 heterocycles. The molecular weight excluding hydrogens is 378 g/mol. The van der Waals surface area contributed by atoms with Crippen LogP contribution in [0.4, 0.5) is 0 Å². The summed E-state index contributed by atoms with van der Waals surface area (Å²) in [5.41, 5.74) is 1.84. The number of nitrogens with zero attached hydrogens (tertiary/aromatic N) is 3. The first-order valence-corrected chi connectivity index (χ1v) is 10.6. The summed E-state index contributed by atoms with van der Waals surface area (Å²) < 4.78 is 7.51. The van der Waals surface area contributed by atoms with E-state index in [4.69, 9.17) is 4.74 Å². The lowest BCUT2D eigenvalue weighted by atomic mass is 10.1. The second-order valence-electron chi connectivity index (χ2n) is 7.68. The first-order chi connectivity index (χ1) is 14.7. The Hall–Kier alpha value is -2.99. The fourth-order valence-corrected chi connectivity index (χ4v) is 3.90. The van der Waals surface area contributed by atoms with Crippen LogP contribution in [0.1, 0.15) is 37.4 Å². The van der Waals surface area contributed by atoms with Crippen molar-refractivity contribution in [2.75, 3.05) is 19.7 Å². The van der Waals surface area contributed by atoms with Gasteiger partial charge in [0.05, 0.1) is 30.4 Å². The molecule has 1 amide bonds. The minimum atomic E-state index is -0.0452. The molecule has 0 radical (unpaired) electrons. The van der Waals surface area contributed by atoms with Gasteiger partial charge in [-0.15, -0.1) is 0 Å². The molecule has 0 N–H and O–H groups in total. The molecule has 156 valence electrons. The highest BCUT2D eigenvalue weighted by atomic mass is 16.5. The fraction of sp³-hybridized carbons (Fsp3) is 0.375. The van der Waals surface area contributed by atoms with Crippen LogP contribution in [-0.4, -0.2) is 40.1 Å². The molecule has 6 nitrogen and oxygen atoms in total. The van der Waals surface area contributed by atoms with Gasteiger partial charge in [0.15, 0.2) is 0 Å². The third-order valence-corrected chi connectivity index (χ3v) is 5.61. The van der Waals surface area contributed by atoms with E-state index in [0.29, 0.717) is 38.0 Å². The molecule has 1 fully saturated rings. The Bertz CT molecular complexity index is 1050. The Kier molecular flexibility index (Phi) is 6.54. The molecule has 1 aliphatic heterocycles. The van der Waals surface area contributed by atoms with Gasteiger partial charge in [0.1, 0.15) is 6.10 Å². The molecule has 2 aromatic carbocycles. The van der Waals surface area contributed by atoms with E-state index in [1.165, 1.54) is 0 Å². The first kappa shape index (κ1) is 20.3. The van der Waals surface area contributed by atoms with E-state index in [9.17, 15) is 9.59 Å². The third kappa shape index (κ3) is 4.76. The third-order valence-electron chi connectivity index (χ3n) is 5.61. The van der Waals surface area contributed by atoms with Crippen molar-refractivity contribution < 1.29 is 9.53 Å². The zero-order chi connectivity index (χ0) is 20.8. The van der Waals surface area contributed by atoms with E-state index in [-0.39, 0.29) is 17.6 Å². The molecule has 1 atom stereocenters. The number of carbonyl (C=O) groups is 1. The van der Waals surface area contributed by atoms with E-state index >= 15 is 0 Å². The van der Waals surface area contributed by atoms with Crippen molar-refractivity contribution in [3.8, 4) is 0 Å². The highest BCUT2D eigenvalue weighted by molar-refractivity contribution is 5.77. The number of rotatable bonds is 7. The van der Waals surface area contributed by atoms with Crippen molar-refractivity contribution in [2.24, 2.45) is 0 Å². The van der Waals surface area contributed by atoms with Gasteiger partial charge >= 0.3 is 0 Å². The number of carbonyl (C=O) groups excluding carboxylic acids is 1. The average molecular weight is 405 g/mol. The van der Waals surface area contributed by atoms with Crippen molar-refractivity contribution in [1.29, 1.82) is 0 Å². The normalized spacial score (nSPS) is 16.7. The highest BCUT2D eigenvalue weighted by Gasteiger charge is 2.24. The standard InChI is InChI=1S/C24H27N3O3/c28-23(26-15-16-30-22(17-26)19-9-3-1-4-10-19)13-5-2-8-14-27-18-25-21-12-7-6-11-20(21)24(27)29/h1,3-4,6-7,9-12,18,22H,2,5,8,13-17H2/t22-/m1/s1. The Morgan fingerprint density at radius 1 is 1.03 bits per heavy atom. The van der Waals surface area contributed by atoms with Gasteiger partial charge in [-0.05, 0) is 30.5 Å². The monoisotopic (exact) mass is 405 g/mol. The number of aryl methyl sites for hydroxylation is 1. The van der Waals surface area contributed by atoms with E-state index in [1.807, 2.05) is 59.5 Å². The average Bonchev–Trinajstić information content (AvgIpc) is 2.81. The molecule has 3 aromatic rings. The van der Waals surface area contributed by atoms with Gasteiger partial charge in [0, 0.05) is 19.5 Å². The lowest BCUT2D eigenvalue weighted by molar-refractivity contribution is -0.139. The van der Waals surface area contributed by atoms with Crippen molar-refractivity contribution in [3.63, 3.8) is 0 Å². The van der Waals surface area contributed by atoms with E-state index in [1.54, 1.807) is 10.9 Å². The lowest BCUT2D eigenvalue weighted by Gasteiger charge is -2.33. The topological polar surface area (TPSA) is 64.4 Å². The molecule has 0 unspecified atom stereocenters. The molecule has 4 rings (SSSR count). The van der Waals surface area contributed by atoms with Gasteiger partial charge in [-0.2, -0.15) is 0 Å². The Morgan fingerprint density at radius 3 is 2.70 bits per heavy atom. The fourth-order valence-electron chi connectivity index (χ4n) is 3.90. The van der Waals surface area contributed by atoms with Crippen LogP contribution in [0.15, 0.2) is 65.7 Å². The van der Waals surface area contributed by atoms with Gasteiger partial charge < -0.3 is 9.64 Å². The van der Waals surface area contributed by atoms with Crippen molar-refractivity contribution >= 4 is 16.8 Å². The molecule has 1 saturated heterocycles. The second-order valence-corrected chi connectivity index (χ2v) is 7.68. The molecule has 6 heteroatoms. The summed E-state index contributed by atoms with van der Waals surface area (Å²) in [6.45, 7) is 2.46. The van der Waals surface area contributed by atoms with Crippen LogP contribution in [0, 0.1) is 0 Å². The van der Waals surface area contributed by atoms with Crippen LogP contribution in [0.5, 0.6) is 0 Å². The molecule has 1 aliphatic rings. The number of hydrogen-bond acceptors (Lipinski definition) is 4. The molecular formula is C24H27N3O3. The zero-order valence-electron chi connectivity index (χ0n) is 17.1. The van der Waals surface area contributed by atoms with Crippen LogP contribution in [0.25, 0.3) is 10.9 Å². The molecule has 0 spiro atoms. The van der Waals surface area contributed by atoms with Crippen LogP contribution in [-0.2, 0) is 16.1 Å². The van der Waals surface area contributed by atoms with Crippen LogP contribution in [0.3, 0.4) is 0 Å². The summed E-state index contributed by atoms with van der Waals surface area (Å²) >= 11 is 0. The largest absolute Gasteiger partial charge is 0.370 e. The summed E-state index contributed by atoms with van der Waals surface area (Å²) in [7, 11) is 0. The number of benzene rings is 2. The van der Waals surface area contributed by atoms with Crippen molar-refractivity contribution in [2.45, 2.75) is 38.3 Å². The van der Waals surface area contributed by atoms with Gasteiger partial charge in [-0.25, -0.2) is 4.98 Å². The maximum absolute atomic E-state index is 12.6. The van der Waals surface area contributed by atoms with Gasteiger partial charge in [-0.1, -0.05) is 48.9 Å². The maximum atomic E-state index is 12.6. The number of unbranched alkanes of at least 4 members (excludes halogenated alkanes) is 2. The maximum Gasteiger partial charge on any atom is 0.261 e. The Balaban J connectivity index is 1.22. The van der Waals surface area contributed by atoms with Crippen molar-refractivity contribution in [1.82, 2.24) is 14.5 Å².